The number of hydrogen-bond donors (Lipinski definition) is 1. The molecule has 0 aromatic heterocycles. The van der Waals surface area contributed by atoms with Crippen LogP contribution in [0.15, 0.2) is 24.3 Å². The molecule has 0 radical (unpaired) electrons. The minimum Gasteiger partial charge on any atom is -0.384 e. The van der Waals surface area contributed by atoms with Crippen molar-refractivity contribution in [2.45, 2.75) is 18.1 Å². The largest absolute Gasteiger partial charge is 0.384 e. The molecule has 0 aliphatic heterocycles. The van der Waals surface area contributed by atoms with Crippen LogP contribution in [0.3, 0.4) is 0 Å². The van der Waals surface area contributed by atoms with Gasteiger partial charge in [-0.3, -0.25) is 0 Å². The number of sulfone groups is 1. The summed E-state index contributed by atoms with van der Waals surface area (Å²) >= 11 is 5.89. The molecule has 0 unspecified atom stereocenters. The Hall–Kier alpha value is -0.620. The van der Waals surface area contributed by atoms with Gasteiger partial charge in [0.15, 0.2) is 9.84 Å². The highest BCUT2D eigenvalue weighted by atomic mass is 35.5. The number of hydrogen-bond acceptors (Lipinski definition) is 4. The summed E-state index contributed by atoms with van der Waals surface area (Å²) in [7, 11) is -1.59. The van der Waals surface area contributed by atoms with E-state index in [-0.39, 0.29) is 18.2 Å². The van der Waals surface area contributed by atoms with E-state index in [1.165, 1.54) is 0 Å². The first-order chi connectivity index (χ1) is 9.43. The Morgan fingerprint density at radius 1 is 1.35 bits per heavy atom. The van der Waals surface area contributed by atoms with Crippen molar-refractivity contribution in [3.05, 3.63) is 34.9 Å². The van der Waals surface area contributed by atoms with Crippen LogP contribution in [0.5, 0.6) is 0 Å². The van der Waals surface area contributed by atoms with E-state index >= 15 is 0 Å². The third-order valence-corrected chi connectivity index (χ3v) is 6.76. The first-order valence-electron chi connectivity index (χ1n) is 6.59. The van der Waals surface area contributed by atoms with Gasteiger partial charge in [-0.05, 0) is 17.7 Å². The fourth-order valence-corrected chi connectivity index (χ4v) is 5.39. The monoisotopic (exact) mass is 317 g/mol. The number of ether oxygens (including phenoxy) is 1. The second-order valence-electron chi connectivity index (χ2n) is 5.27. The number of halogens is 1. The Morgan fingerprint density at radius 3 is 2.40 bits per heavy atom. The van der Waals surface area contributed by atoms with Crippen molar-refractivity contribution in [2.75, 3.05) is 26.0 Å². The molecular formula is C14H20ClNO3S. The van der Waals surface area contributed by atoms with E-state index in [2.05, 4.69) is 0 Å². The molecule has 0 spiro atoms. The summed E-state index contributed by atoms with van der Waals surface area (Å²) in [6.07, 6.45) is 0. The summed E-state index contributed by atoms with van der Waals surface area (Å²) in [5, 5.41) is 0.167. The summed E-state index contributed by atoms with van der Waals surface area (Å²) in [5.74, 6) is 0.00223. The average molecular weight is 318 g/mol. The Bertz CT molecular complexity index is 573. The van der Waals surface area contributed by atoms with Crippen LogP contribution in [0.25, 0.3) is 0 Å². The zero-order chi connectivity index (χ0) is 15.0. The maximum Gasteiger partial charge on any atom is 0.154 e. The molecule has 0 saturated heterocycles. The molecule has 1 fully saturated rings. The summed E-state index contributed by atoms with van der Waals surface area (Å²) < 4.78 is 29.9. The highest BCUT2D eigenvalue weighted by molar-refractivity contribution is 7.92. The van der Waals surface area contributed by atoms with Crippen LogP contribution in [-0.4, -0.2) is 39.7 Å². The molecule has 3 atom stereocenters. The third kappa shape index (κ3) is 2.48. The van der Waals surface area contributed by atoms with E-state index in [4.69, 9.17) is 22.1 Å². The predicted molar refractivity (Wildman–Crippen MR) is 80.8 cm³/mol. The average Bonchev–Trinajstić information content (AvgIpc) is 3.10. The van der Waals surface area contributed by atoms with Gasteiger partial charge < -0.3 is 10.5 Å². The van der Waals surface area contributed by atoms with Gasteiger partial charge in [0.2, 0.25) is 0 Å². The number of benzene rings is 1. The molecule has 1 aromatic rings. The zero-order valence-corrected chi connectivity index (χ0v) is 13.2. The van der Waals surface area contributed by atoms with Gasteiger partial charge in [-0.25, -0.2) is 8.42 Å². The Morgan fingerprint density at radius 2 is 1.95 bits per heavy atom. The normalized spacial score (nSPS) is 29.4. The second kappa shape index (κ2) is 5.64. The van der Waals surface area contributed by atoms with Crippen molar-refractivity contribution in [1.29, 1.82) is 0 Å². The molecule has 4 nitrogen and oxygen atoms in total. The lowest BCUT2D eigenvalue weighted by Gasteiger charge is -2.14. The molecule has 1 saturated carbocycles. The third-order valence-electron chi connectivity index (χ3n) is 4.19. The first-order valence-corrected chi connectivity index (χ1v) is 8.68. The molecule has 0 amide bonds. The maximum absolute atomic E-state index is 12.3. The Kier molecular flexibility index (Phi) is 4.44. The number of methoxy groups -OCH3 is 1. The summed E-state index contributed by atoms with van der Waals surface area (Å²) in [6, 6.07) is 7.30. The van der Waals surface area contributed by atoms with Crippen molar-refractivity contribution in [3.63, 3.8) is 0 Å². The fourth-order valence-electron chi connectivity index (χ4n) is 3.12. The molecule has 20 heavy (non-hydrogen) atoms. The Balaban J connectivity index is 2.42. The molecule has 6 heteroatoms. The molecular weight excluding hydrogens is 298 g/mol. The smallest absolute Gasteiger partial charge is 0.154 e. The van der Waals surface area contributed by atoms with E-state index < -0.39 is 20.5 Å². The summed E-state index contributed by atoms with van der Waals surface area (Å²) in [5.41, 5.74) is 6.32. The van der Waals surface area contributed by atoms with E-state index in [0.29, 0.717) is 11.6 Å². The SMILES string of the molecule is CCS(=O)(=O)[C@H]1[C@H](c2ccc(Cl)cc2)[C@@]1(CN)COC. The van der Waals surface area contributed by atoms with Crippen molar-refractivity contribution in [3.8, 4) is 0 Å². The highest BCUT2D eigenvalue weighted by Crippen LogP contribution is 2.62. The van der Waals surface area contributed by atoms with Crippen LogP contribution in [0, 0.1) is 5.41 Å². The van der Waals surface area contributed by atoms with Crippen molar-refractivity contribution in [1.82, 2.24) is 0 Å². The van der Waals surface area contributed by atoms with Crippen molar-refractivity contribution < 1.29 is 13.2 Å². The minimum absolute atomic E-state index is 0.116. The van der Waals surface area contributed by atoms with Crippen LogP contribution in [-0.2, 0) is 14.6 Å². The van der Waals surface area contributed by atoms with Gasteiger partial charge in [-0.2, -0.15) is 0 Å². The van der Waals surface area contributed by atoms with Crippen LogP contribution < -0.4 is 5.73 Å². The second-order valence-corrected chi connectivity index (χ2v) is 8.12. The lowest BCUT2D eigenvalue weighted by atomic mass is 10.0. The van der Waals surface area contributed by atoms with Gasteiger partial charge in [-0.15, -0.1) is 0 Å². The zero-order valence-electron chi connectivity index (χ0n) is 11.7. The van der Waals surface area contributed by atoms with Crippen LogP contribution in [0.4, 0.5) is 0 Å². The highest BCUT2D eigenvalue weighted by Gasteiger charge is 2.69. The van der Waals surface area contributed by atoms with Crippen LogP contribution in [0.1, 0.15) is 18.4 Å². The predicted octanol–water partition coefficient (Wildman–Crippen LogP) is 1.83. The summed E-state index contributed by atoms with van der Waals surface area (Å²) in [6.45, 7) is 2.30. The summed E-state index contributed by atoms with van der Waals surface area (Å²) in [4.78, 5) is 0. The molecule has 0 bridgehead atoms. The Labute approximate surface area is 125 Å². The minimum atomic E-state index is -3.17. The van der Waals surface area contributed by atoms with Gasteiger partial charge in [0.05, 0.1) is 11.9 Å². The van der Waals surface area contributed by atoms with E-state index in [1.54, 1.807) is 26.2 Å². The lowest BCUT2D eigenvalue weighted by molar-refractivity contribution is 0.142. The first kappa shape index (κ1) is 15.8. The number of nitrogens with two attached hydrogens (primary N) is 1. The van der Waals surface area contributed by atoms with Gasteiger partial charge in [0, 0.05) is 35.8 Å². The van der Waals surface area contributed by atoms with Crippen molar-refractivity contribution >= 4 is 21.4 Å². The molecule has 1 aliphatic carbocycles. The topological polar surface area (TPSA) is 69.4 Å². The molecule has 0 heterocycles. The van der Waals surface area contributed by atoms with Crippen LogP contribution >= 0.6 is 11.6 Å². The van der Waals surface area contributed by atoms with Gasteiger partial charge in [0.1, 0.15) is 0 Å². The molecule has 1 aromatic carbocycles. The standard InChI is InChI=1S/C14H20ClNO3S/c1-3-20(17,18)13-12(14(13,8-16)9-19-2)10-4-6-11(15)7-5-10/h4-7,12-13H,3,8-9,16H2,1-2H3/t12-,13-,14+/m0/s1. The lowest BCUT2D eigenvalue weighted by Crippen LogP contribution is -2.28. The quantitative estimate of drug-likeness (QED) is 0.869. The van der Waals surface area contributed by atoms with E-state index in [0.717, 1.165) is 5.56 Å². The fraction of sp³-hybridized carbons (Fsp3) is 0.571. The van der Waals surface area contributed by atoms with Crippen LogP contribution in [0.2, 0.25) is 5.02 Å². The molecule has 1 aliphatic rings. The van der Waals surface area contributed by atoms with Crippen molar-refractivity contribution in [2.24, 2.45) is 11.1 Å². The van der Waals surface area contributed by atoms with Gasteiger partial charge in [-0.1, -0.05) is 30.7 Å². The molecule has 112 valence electrons. The molecule has 2 N–H and O–H groups in total. The molecule has 2 rings (SSSR count). The maximum atomic E-state index is 12.3. The van der Waals surface area contributed by atoms with Gasteiger partial charge in [0.25, 0.3) is 0 Å². The van der Waals surface area contributed by atoms with E-state index in [1.807, 2.05) is 12.1 Å². The van der Waals surface area contributed by atoms with Gasteiger partial charge >= 0.3 is 0 Å². The number of rotatable bonds is 6. The van der Waals surface area contributed by atoms with E-state index in [9.17, 15) is 8.42 Å².